The van der Waals surface area contributed by atoms with Crippen LogP contribution >= 0.6 is 0 Å². The van der Waals surface area contributed by atoms with E-state index in [1.54, 1.807) is 22.9 Å². The minimum Gasteiger partial charge on any atom is -0.333 e. The normalized spacial score (nSPS) is 20.7. The fourth-order valence-corrected chi connectivity index (χ4v) is 4.09. The van der Waals surface area contributed by atoms with Gasteiger partial charge in [-0.2, -0.15) is 26.7 Å². The van der Waals surface area contributed by atoms with Gasteiger partial charge in [-0.3, -0.25) is 14.9 Å². The van der Waals surface area contributed by atoms with Crippen LogP contribution in [0.25, 0.3) is 0 Å². The number of hydrazone groups is 1. The number of nitrogens with zero attached hydrogens (tertiary/aromatic N) is 2. The maximum absolute atomic E-state index is 13.3. The quantitative estimate of drug-likeness (QED) is 0.566. The van der Waals surface area contributed by atoms with Gasteiger partial charge in [-0.15, -0.1) is 0 Å². The summed E-state index contributed by atoms with van der Waals surface area (Å²) in [4.78, 5) is 14.8. The summed E-state index contributed by atoms with van der Waals surface area (Å²) in [5.74, 6) is -0.359. The van der Waals surface area contributed by atoms with Gasteiger partial charge in [0.25, 0.3) is 5.91 Å². The van der Waals surface area contributed by atoms with Crippen molar-refractivity contribution in [1.29, 1.82) is 0 Å². The fraction of sp³-hybridized carbons (Fsp3) is 0.364. The van der Waals surface area contributed by atoms with E-state index >= 15 is 0 Å². The molecule has 0 radical (unpaired) electrons. The van der Waals surface area contributed by atoms with E-state index in [0.29, 0.717) is 30.8 Å². The molecule has 0 spiro atoms. The lowest BCUT2D eigenvalue weighted by atomic mass is 9.76. The third-order valence-corrected chi connectivity index (χ3v) is 6.87. The van der Waals surface area contributed by atoms with Crippen LogP contribution in [0, 0.1) is 5.41 Å². The van der Waals surface area contributed by atoms with Gasteiger partial charge < -0.3 is 4.90 Å². The molecular formula is C22H25F3N4O3S. The van der Waals surface area contributed by atoms with Gasteiger partial charge in [0, 0.05) is 18.5 Å². The molecule has 178 valence electrons. The summed E-state index contributed by atoms with van der Waals surface area (Å²) >= 11 is 0. The number of rotatable bonds is 7. The topological polar surface area (TPSA) is 90.9 Å². The van der Waals surface area contributed by atoms with Crippen LogP contribution in [0.2, 0.25) is 0 Å². The Balaban J connectivity index is 1.86. The fourth-order valence-electron chi connectivity index (χ4n) is 3.49. The van der Waals surface area contributed by atoms with Crippen LogP contribution in [0.1, 0.15) is 32.3 Å². The van der Waals surface area contributed by atoms with Crippen LogP contribution in [0.3, 0.4) is 0 Å². The smallest absolute Gasteiger partial charge is 0.333 e. The Labute approximate surface area is 190 Å². The van der Waals surface area contributed by atoms with Crippen LogP contribution in [-0.2, 0) is 21.4 Å². The average molecular weight is 483 g/mol. The number of halogens is 3. The van der Waals surface area contributed by atoms with Crippen molar-refractivity contribution in [2.75, 3.05) is 16.7 Å². The molecule has 33 heavy (non-hydrogen) atoms. The molecule has 1 fully saturated rings. The van der Waals surface area contributed by atoms with Gasteiger partial charge in [-0.1, -0.05) is 50.2 Å². The zero-order valence-corrected chi connectivity index (χ0v) is 19.0. The third kappa shape index (κ3) is 5.47. The Morgan fingerprint density at radius 1 is 1.09 bits per heavy atom. The van der Waals surface area contributed by atoms with Crippen LogP contribution < -0.4 is 10.1 Å². The molecule has 1 aliphatic heterocycles. The number of carbonyl (C=O) groups is 1. The predicted molar refractivity (Wildman–Crippen MR) is 121 cm³/mol. The second-order valence-corrected chi connectivity index (χ2v) is 9.71. The number of nitrogens with one attached hydrogen (secondary N) is 2. The Morgan fingerprint density at radius 2 is 1.73 bits per heavy atom. The van der Waals surface area contributed by atoms with Crippen molar-refractivity contribution < 1.29 is 26.4 Å². The van der Waals surface area contributed by atoms with Crippen LogP contribution in [0.4, 0.5) is 24.5 Å². The van der Waals surface area contributed by atoms with Gasteiger partial charge in [0.2, 0.25) is 0 Å². The first-order chi connectivity index (χ1) is 15.5. The van der Waals surface area contributed by atoms with E-state index in [1.165, 1.54) is 23.1 Å². The number of para-hydroxylation sites is 2. The zero-order valence-electron chi connectivity index (χ0n) is 18.2. The molecule has 1 atom stereocenters. The number of piperidine rings is 1. The van der Waals surface area contributed by atoms with Crippen molar-refractivity contribution in [3.63, 3.8) is 0 Å². The largest absolute Gasteiger partial charge is 0.516 e. The predicted octanol–water partition coefficient (Wildman–Crippen LogP) is 4.56. The number of benzene rings is 2. The summed E-state index contributed by atoms with van der Waals surface area (Å²) in [6, 6.07) is 14.8. The van der Waals surface area contributed by atoms with Crippen LogP contribution in [0.15, 0.2) is 59.7 Å². The highest BCUT2D eigenvalue weighted by atomic mass is 32.2. The molecular weight excluding hydrogens is 457 g/mol. The Kier molecular flexibility index (Phi) is 7.01. The molecule has 0 saturated carbocycles. The van der Waals surface area contributed by atoms with Gasteiger partial charge in [0.05, 0.1) is 11.4 Å². The highest BCUT2D eigenvalue weighted by Crippen LogP contribution is 2.34. The number of likely N-dealkylation sites (tertiary alicyclic amines) is 1. The molecule has 1 saturated heterocycles. The van der Waals surface area contributed by atoms with Crippen molar-refractivity contribution in [1.82, 2.24) is 4.90 Å². The molecule has 0 aromatic heterocycles. The zero-order chi connectivity index (χ0) is 24.3. The summed E-state index contributed by atoms with van der Waals surface area (Å²) in [5, 5.41) is 4.38. The molecule has 2 aromatic rings. The first-order valence-electron chi connectivity index (χ1n) is 10.3. The summed E-state index contributed by atoms with van der Waals surface area (Å²) in [7, 11) is -5.59. The van der Waals surface area contributed by atoms with E-state index < -0.39 is 20.9 Å². The molecule has 1 amide bonds. The van der Waals surface area contributed by atoms with Gasteiger partial charge in [-0.05, 0) is 36.6 Å². The number of hydrogen-bond acceptors (Lipinski definition) is 5. The van der Waals surface area contributed by atoms with Crippen LogP contribution in [0.5, 0.6) is 0 Å². The number of carbonyl (C=O) groups excluding carboxylic acids is 1. The number of alkyl halides is 3. The van der Waals surface area contributed by atoms with E-state index in [0.717, 1.165) is 0 Å². The standard InChI is InChI=1S/C22H25F3N4O3S/c1-3-21(2)13-14-29(20(30)19(21)27-26-17-10-5-4-6-11-17)15-16-9-7-8-12-18(16)28-33(31,32)22(23,24)25/h4-12,26,28H,3,13-15H2,1-2H3/b27-19-. The molecule has 11 heteroatoms. The second kappa shape index (κ2) is 9.42. The lowest BCUT2D eigenvalue weighted by Gasteiger charge is -2.39. The lowest BCUT2D eigenvalue weighted by Crippen LogP contribution is -2.50. The molecule has 7 nitrogen and oxygen atoms in total. The van der Waals surface area contributed by atoms with E-state index in [9.17, 15) is 26.4 Å². The highest BCUT2D eigenvalue weighted by molar-refractivity contribution is 7.93. The number of sulfonamides is 1. The number of hydrogen-bond donors (Lipinski definition) is 2. The Bertz CT molecular complexity index is 1140. The van der Waals surface area contributed by atoms with Crippen molar-refractivity contribution in [3.05, 3.63) is 60.2 Å². The van der Waals surface area contributed by atoms with Gasteiger partial charge in [0.15, 0.2) is 0 Å². The van der Waals surface area contributed by atoms with E-state index in [2.05, 4.69) is 10.5 Å². The second-order valence-electron chi connectivity index (χ2n) is 8.04. The van der Waals surface area contributed by atoms with E-state index in [-0.39, 0.29) is 23.7 Å². The third-order valence-electron chi connectivity index (χ3n) is 5.77. The molecule has 2 N–H and O–H groups in total. The molecule has 3 rings (SSSR count). The van der Waals surface area contributed by atoms with Gasteiger partial charge >= 0.3 is 15.5 Å². The molecule has 1 heterocycles. The van der Waals surface area contributed by atoms with E-state index in [1.807, 2.05) is 32.0 Å². The van der Waals surface area contributed by atoms with Crippen molar-refractivity contribution >= 4 is 33.0 Å². The average Bonchev–Trinajstić information content (AvgIpc) is 2.76. The first kappa shape index (κ1) is 24.6. The summed E-state index contributed by atoms with van der Waals surface area (Å²) in [6.07, 6.45) is 1.27. The SMILES string of the molecule is CCC1(C)CCN(Cc2ccccc2NS(=O)(=O)C(F)(F)F)C(=O)/C1=N/Nc1ccccc1. The number of amides is 1. The minimum atomic E-state index is -5.59. The number of anilines is 2. The molecule has 1 unspecified atom stereocenters. The summed E-state index contributed by atoms with van der Waals surface area (Å²) in [5.41, 5.74) is -1.99. The van der Waals surface area contributed by atoms with Crippen molar-refractivity contribution in [3.8, 4) is 0 Å². The Morgan fingerprint density at radius 3 is 2.36 bits per heavy atom. The van der Waals surface area contributed by atoms with Crippen molar-refractivity contribution in [2.45, 2.75) is 38.7 Å². The molecule has 1 aliphatic rings. The summed E-state index contributed by atoms with van der Waals surface area (Å²) in [6.45, 7) is 4.19. The van der Waals surface area contributed by atoms with E-state index in [4.69, 9.17) is 0 Å². The maximum atomic E-state index is 13.3. The van der Waals surface area contributed by atoms with Crippen LogP contribution in [-0.4, -0.2) is 37.0 Å². The monoisotopic (exact) mass is 482 g/mol. The van der Waals surface area contributed by atoms with Crippen molar-refractivity contribution in [2.24, 2.45) is 10.5 Å². The Hall–Kier alpha value is -3.08. The lowest BCUT2D eigenvalue weighted by molar-refractivity contribution is -0.127. The molecule has 0 aliphatic carbocycles. The molecule has 0 bridgehead atoms. The summed E-state index contributed by atoms with van der Waals surface area (Å²) < 4.78 is 63.2. The molecule has 2 aromatic carbocycles. The van der Waals surface area contributed by atoms with Gasteiger partial charge in [-0.25, -0.2) is 0 Å². The maximum Gasteiger partial charge on any atom is 0.516 e. The first-order valence-corrected chi connectivity index (χ1v) is 11.8. The minimum absolute atomic E-state index is 0.0699. The van der Waals surface area contributed by atoms with Gasteiger partial charge in [0.1, 0.15) is 5.71 Å². The highest BCUT2D eigenvalue weighted by Gasteiger charge is 2.46.